The van der Waals surface area contributed by atoms with Gasteiger partial charge in [0.15, 0.2) is 0 Å². The SMILES string of the molecule is CC1(C)OCc2cc(C(O)CNCCCCCCOCCOCC3=C(Cl)CCC=C3Cl)ccc2O1. The highest BCUT2D eigenvalue weighted by Gasteiger charge is 2.27. The third kappa shape index (κ3) is 9.69. The van der Waals surface area contributed by atoms with Crippen LogP contribution in [0, 0.1) is 0 Å². The fourth-order valence-corrected chi connectivity index (χ4v) is 4.59. The lowest BCUT2D eigenvalue weighted by Gasteiger charge is -2.33. The van der Waals surface area contributed by atoms with E-state index in [-0.39, 0.29) is 0 Å². The van der Waals surface area contributed by atoms with E-state index in [2.05, 4.69) is 5.32 Å². The van der Waals surface area contributed by atoms with E-state index in [1.54, 1.807) is 0 Å². The fourth-order valence-electron chi connectivity index (χ4n) is 4.00. The molecule has 2 N–H and O–H groups in total. The van der Waals surface area contributed by atoms with E-state index in [1.807, 2.05) is 38.1 Å². The number of halogens is 2. The Morgan fingerprint density at radius 2 is 1.89 bits per heavy atom. The highest BCUT2D eigenvalue weighted by atomic mass is 35.5. The van der Waals surface area contributed by atoms with Gasteiger partial charge in [0, 0.05) is 48.2 Å². The largest absolute Gasteiger partial charge is 0.463 e. The van der Waals surface area contributed by atoms with Crippen LogP contribution in [0.25, 0.3) is 0 Å². The van der Waals surface area contributed by atoms with Crippen LogP contribution in [0.2, 0.25) is 0 Å². The molecule has 1 aliphatic heterocycles. The van der Waals surface area contributed by atoms with Crippen LogP contribution >= 0.6 is 23.2 Å². The summed E-state index contributed by atoms with van der Waals surface area (Å²) in [5, 5.41) is 15.4. The summed E-state index contributed by atoms with van der Waals surface area (Å²) in [6, 6.07) is 5.81. The molecule has 1 aromatic rings. The summed E-state index contributed by atoms with van der Waals surface area (Å²) in [6.07, 6.45) is 7.51. The number of aliphatic hydroxyl groups is 1. The third-order valence-electron chi connectivity index (χ3n) is 6.05. The van der Waals surface area contributed by atoms with Gasteiger partial charge >= 0.3 is 0 Å². The number of rotatable bonds is 15. The molecule has 35 heavy (non-hydrogen) atoms. The first-order valence-corrected chi connectivity index (χ1v) is 13.3. The molecule has 0 fully saturated rings. The monoisotopic (exact) mass is 527 g/mol. The molecule has 0 amide bonds. The maximum atomic E-state index is 10.5. The average molecular weight is 529 g/mol. The van der Waals surface area contributed by atoms with Gasteiger partial charge in [0.1, 0.15) is 5.75 Å². The summed E-state index contributed by atoms with van der Waals surface area (Å²) in [5.41, 5.74) is 2.75. The van der Waals surface area contributed by atoms with E-state index in [0.29, 0.717) is 38.0 Å². The Balaban J connectivity index is 1.15. The van der Waals surface area contributed by atoms with Crippen LogP contribution in [0.15, 0.2) is 39.9 Å². The predicted octanol–water partition coefficient (Wildman–Crippen LogP) is 5.96. The highest BCUT2D eigenvalue weighted by Crippen LogP contribution is 2.33. The summed E-state index contributed by atoms with van der Waals surface area (Å²) in [6.45, 7) is 7.98. The molecule has 1 unspecified atom stereocenters. The molecule has 6 nitrogen and oxygen atoms in total. The van der Waals surface area contributed by atoms with Crippen molar-refractivity contribution in [2.75, 3.05) is 39.5 Å². The minimum atomic E-state index is -0.607. The number of hydrogen-bond donors (Lipinski definition) is 2. The molecular formula is C27H39Cl2NO5. The van der Waals surface area contributed by atoms with Crippen LogP contribution in [0.3, 0.4) is 0 Å². The van der Waals surface area contributed by atoms with E-state index in [4.69, 9.17) is 42.1 Å². The topological polar surface area (TPSA) is 69.2 Å². The molecule has 0 radical (unpaired) electrons. The zero-order chi connectivity index (χ0) is 25.1. The Kier molecular flexibility index (Phi) is 11.8. The molecule has 1 aromatic carbocycles. The van der Waals surface area contributed by atoms with E-state index < -0.39 is 11.9 Å². The number of ether oxygens (including phenoxy) is 4. The number of fused-ring (bicyclic) bond motifs is 1. The number of nitrogens with one attached hydrogen (secondary N) is 1. The van der Waals surface area contributed by atoms with Gasteiger partial charge in [0.05, 0.1) is 32.5 Å². The molecule has 1 aliphatic carbocycles. The second-order valence-corrected chi connectivity index (χ2v) is 10.3. The van der Waals surface area contributed by atoms with E-state index in [1.165, 1.54) is 0 Å². The molecule has 2 aliphatic rings. The van der Waals surface area contributed by atoms with Crippen LogP contribution < -0.4 is 10.1 Å². The summed E-state index contributed by atoms with van der Waals surface area (Å²) in [7, 11) is 0. The molecule has 3 rings (SSSR count). The van der Waals surface area contributed by atoms with Gasteiger partial charge in [0.2, 0.25) is 5.79 Å². The first-order chi connectivity index (χ1) is 16.9. The fraction of sp³-hybridized carbons (Fsp3) is 0.630. The predicted molar refractivity (Wildman–Crippen MR) is 140 cm³/mol. The minimum Gasteiger partial charge on any atom is -0.463 e. The van der Waals surface area contributed by atoms with Crippen molar-refractivity contribution in [3.63, 3.8) is 0 Å². The average Bonchev–Trinajstić information content (AvgIpc) is 2.82. The van der Waals surface area contributed by atoms with Crippen molar-refractivity contribution in [2.45, 2.75) is 70.9 Å². The number of aliphatic hydroxyl groups excluding tert-OH is 1. The molecule has 8 heteroatoms. The van der Waals surface area contributed by atoms with Gasteiger partial charge in [-0.25, -0.2) is 0 Å². The van der Waals surface area contributed by atoms with Crippen LogP contribution in [0.4, 0.5) is 0 Å². The van der Waals surface area contributed by atoms with Crippen molar-refractivity contribution in [3.05, 3.63) is 51.0 Å². The van der Waals surface area contributed by atoms with Gasteiger partial charge in [-0.2, -0.15) is 0 Å². The van der Waals surface area contributed by atoms with Crippen molar-refractivity contribution >= 4 is 23.2 Å². The van der Waals surface area contributed by atoms with Gasteiger partial charge in [-0.1, -0.05) is 48.2 Å². The first-order valence-electron chi connectivity index (χ1n) is 12.6. The second-order valence-electron chi connectivity index (χ2n) is 9.43. The minimum absolute atomic E-state index is 0.437. The standard InChI is InChI=1S/C27H39Cl2NO5/c1-27(2)34-18-21-16-20(10-11-26(21)35-27)25(31)17-30-12-5-3-4-6-13-32-14-15-33-19-22-23(28)8-7-9-24(22)29/h8,10-11,16,25,30-31H,3-7,9,12-15,17-19H2,1-2H3. The molecule has 1 heterocycles. The molecule has 1 atom stereocenters. The van der Waals surface area contributed by atoms with Gasteiger partial charge in [-0.3, -0.25) is 0 Å². The Bertz CT molecular complexity index is 871. The van der Waals surface area contributed by atoms with Crippen LogP contribution in [-0.2, 0) is 20.8 Å². The van der Waals surface area contributed by atoms with Crippen LogP contribution in [0.1, 0.15) is 69.6 Å². The van der Waals surface area contributed by atoms with Crippen molar-refractivity contribution < 1.29 is 24.1 Å². The zero-order valence-corrected chi connectivity index (χ0v) is 22.4. The quantitative estimate of drug-likeness (QED) is 0.274. The van der Waals surface area contributed by atoms with Gasteiger partial charge in [-0.15, -0.1) is 0 Å². The summed E-state index contributed by atoms with van der Waals surface area (Å²) in [5.74, 6) is 0.218. The lowest BCUT2D eigenvalue weighted by Crippen LogP contribution is -2.35. The molecule has 196 valence electrons. The number of benzene rings is 1. The smallest absolute Gasteiger partial charge is 0.205 e. The first kappa shape index (κ1) is 28.5. The molecular weight excluding hydrogens is 489 g/mol. The van der Waals surface area contributed by atoms with Crippen molar-refractivity contribution in [1.29, 1.82) is 0 Å². The summed E-state index contributed by atoms with van der Waals surface area (Å²) in [4.78, 5) is 0. The van der Waals surface area contributed by atoms with Gasteiger partial charge in [-0.05, 0) is 49.9 Å². The van der Waals surface area contributed by atoms with Crippen LogP contribution in [-0.4, -0.2) is 50.4 Å². The summed E-state index contributed by atoms with van der Waals surface area (Å²) < 4.78 is 22.8. The zero-order valence-electron chi connectivity index (χ0n) is 20.9. The lowest BCUT2D eigenvalue weighted by atomic mass is 10.0. The third-order valence-corrected chi connectivity index (χ3v) is 6.85. The molecule has 0 spiro atoms. The molecule has 0 bridgehead atoms. The van der Waals surface area contributed by atoms with Gasteiger partial charge in [0.25, 0.3) is 0 Å². The van der Waals surface area contributed by atoms with Crippen LogP contribution in [0.5, 0.6) is 5.75 Å². The molecule has 0 saturated heterocycles. The van der Waals surface area contributed by atoms with Crippen molar-refractivity contribution in [1.82, 2.24) is 5.32 Å². The second kappa shape index (κ2) is 14.6. The van der Waals surface area contributed by atoms with Crippen molar-refractivity contribution in [2.24, 2.45) is 0 Å². The van der Waals surface area contributed by atoms with Gasteiger partial charge < -0.3 is 29.4 Å². The van der Waals surface area contributed by atoms with E-state index in [0.717, 1.165) is 79.2 Å². The number of hydrogen-bond acceptors (Lipinski definition) is 6. The maximum absolute atomic E-state index is 10.5. The lowest BCUT2D eigenvalue weighted by molar-refractivity contribution is -0.180. The Hall–Kier alpha value is -1.12. The van der Waals surface area contributed by atoms with Crippen molar-refractivity contribution in [3.8, 4) is 5.75 Å². The normalized spacial score (nSPS) is 18.1. The molecule has 0 saturated carbocycles. The summed E-state index contributed by atoms with van der Waals surface area (Å²) >= 11 is 12.4. The Labute approximate surface area is 219 Å². The Morgan fingerprint density at radius 3 is 2.71 bits per heavy atom. The van der Waals surface area contributed by atoms with E-state index >= 15 is 0 Å². The maximum Gasteiger partial charge on any atom is 0.205 e. The molecule has 0 aromatic heterocycles. The van der Waals surface area contributed by atoms with E-state index in [9.17, 15) is 5.11 Å². The highest BCUT2D eigenvalue weighted by molar-refractivity contribution is 6.36. The number of allylic oxidation sites excluding steroid dienone is 2. The number of unbranched alkanes of at least 4 members (excludes halogenated alkanes) is 3. The Morgan fingerprint density at radius 1 is 1.09 bits per heavy atom.